The Hall–Kier alpha value is -1.91. The van der Waals surface area contributed by atoms with Crippen LogP contribution in [-0.2, 0) is 4.74 Å². The van der Waals surface area contributed by atoms with Gasteiger partial charge < -0.3 is 15.4 Å². The molecule has 0 saturated heterocycles. The first-order valence-electron chi connectivity index (χ1n) is 6.91. The van der Waals surface area contributed by atoms with Crippen LogP contribution < -0.4 is 10.6 Å². The molecule has 2 aromatic rings. The summed E-state index contributed by atoms with van der Waals surface area (Å²) < 4.78 is 5.58. The molecular formula is C16H18N2O2. The Morgan fingerprint density at radius 3 is 2.70 bits per heavy atom. The van der Waals surface area contributed by atoms with Crippen LogP contribution in [0.3, 0.4) is 0 Å². The molecule has 0 spiro atoms. The fraction of sp³-hybridized carbons (Fsp3) is 0.312. The minimum Gasteiger partial charge on any atom is -0.375 e. The molecule has 1 atom stereocenters. The first kappa shape index (κ1) is 13.1. The van der Waals surface area contributed by atoms with Crippen molar-refractivity contribution in [2.45, 2.75) is 13.0 Å². The van der Waals surface area contributed by atoms with Gasteiger partial charge in [0.05, 0.1) is 18.3 Å². The van der Waals surface area contributed by atoms with Crippen molar-refractivity contribution in [2.24, 2.45) is 5.73 Å². The number of ether oxygens (including phenoxy) is 1. The van der Waals surface area contributed by atoms with Crippen molar-refractivity contribution in [1.82, 2.24) is 0 Å². The lowest BCUT2D eigenvalue weighted by atomic mass is 10.1. The van der Waals surface area contributed by atoms with Crippen molar-refractivity contribution in [3.05, 3.63) is 42.0 Å². The number of nitrogens with zero attached hydrogens (tertiary/aromatic N) is 1. The number of carbonyl (C=O) groups is 1. The third-order valence-electron chi connectivity index (χ3n) is 3.70. The Labute approximate surface area is 118 Å². The van der Waals surface area contributed by atoms with Crippen LogP contribution >= 0.6 is 0 Å². The van der Waals surface area contributed by atoms with E-state index in [1.54, 1.807) is 4.90 Å². The number of hydrogen-bond donors (Lipinski definition) is 1. The molecule has 0 fully saturated rings. The van der Waals surface area contributed by atoms with Crippen molar-refractivity contribution in [2.75, 3.05) is 24.6 Å². The smallest absolute Gasteiger partial charge is 0.259 e. The van der Waals surface area contributed by atoms with Gasteiger partial charge in [-0.3, -0.25) is 4.79 Å². The molecule has 20 heavy (non-hydrogen) atoms. The largest absolute Gasteiger partial charge is 0.375 e. The Balaban J connectivity index is 2.00. The Bertz CT molecular complexity index is 649. The molecule has 1 heterocycles. The van der Waals surface area contributed by atoms with Crippen LogP contribution in [0, 0.1) is 0 Å². The van der Waals surface area contributed by atoms with E-state index >= 15 is 0 Å². The molecule has 4 heteroatoms. The van der Waals surface area contributed by atoms with Crippen LogP contribution in [0.1, 0.15) is 17.3 Å². The highest BCUT2D eigenvalue weighted by Crippen LogP contribution is 2.37. The molecule has 2 aromatic carbocycles. The highest BCUT2D eigenvalue weighted by molar-refractivity contribution is 6.25. The van der Waals surface area contributed by atoms with E-state index in [4.69, 9.17) is 10.5 Å². The van der Waals surface area contributed by atoms with Crippen LogP contribution in [0.5, 0.6) is 0 Å². The second-order valence-corrected chi connectivity index (χ2v) is 4.91. The van der Waals surface area contributed by atoms with E-state index in [1.807, 2.05) is 43.3 Å². The monoisotopic (exact) mass is 270 g/mol. The molecular weight excluding hydrogens is 252 g/mol. The van der Waals surface area contributed by atoms with E-state index in [-0.39, 0.29) is 12.0 Å². The summed E-state index contributed by atoms with van der Waals surface area (Å²) in [7, 11) is 0. The lowest BCUT2D eigenvalue weighted by molar-refractivity contribution is 0.0701. The van der Waals surface area contributed by atoms with Gasteiger partial charge in [0.25, 0.3) is 5.91 Å². The maximum atomic E-state index is 12.6. The Morgan fingerprint density at radius 2 is 2.00 bits per heavy atom. The SMILES string of the molecule is CCOC(CN)CN1C(=O)c2cccc3cccc1c23. The molecule has 4 nitrogen and oxygen atoms in total. The Kier molecular flexibility index (Phi) is 3.42. The number of amides is 1. The zero-order chi connectivity index (χ0) is 14.1. The normalized spacial score (nSPS) is 15.1. The van der Waals surface area contributed by atoms with E-state index in [0.29, 0.717) is 19.7 Å². The number of benzene rings is 2. The average molecular weight is 270 g/mol. The quantitative estimate of drug-likeness (QED) is 0.906. The van der Waals surface area contributed by atoms with Gasteiger partial charge in [-0.25, -0.2) is 0 Å². The Morgan fingerprint density at radius 1 is 1.25 bits per heavy atom. The molecule has 3 rings (SSSR count). The summed E-state index contributed by atoms with van der Waals surface area (Å²) in [4.78, 5) is 14.3. The molecule has 0 aliphatic carbocycles. The number of anilines is 1. The summed E-state index contributed by atoms with van der Waals surface area (Å²) >= 11 is 0. The van der Waals surface area contributed by atoms with Crippen molar-refractivity contribution in [3.8, 4) is 0 Å². The third-order valence-corrected chi connectivity index (χ3v) is 3.70. The highest BCUT2D eigenvalue weighted by Gasteiger charge is 2.30. The summed E-state index contributed by atoms with van der Waals surface area (Å²) in [6.45, 7) is 3.44. The first-order chi connectivity index (χ1) is 9.76. The summed E-state index contributed by atoms with van der Waals surface area (Å²) in [5.74, 6) is 0.0370. The van der Waals surface area contributed by atoms with Crippen LogP contribution in [-0.4, -0.2) is 31.7 Å². The van der Waals surface area contributed by atoms with Crippen molar-refractivity contribution >= 4 is 22.4 Å². The minimum absolute atomic E-state index is 0.0370. The lowest BCUT2D eigenvalue weighted by Crippen LogP contribution is -2.40. The standard InChI is InChI=1S/C16H18N2O2/c1-2-20-12(9-17)10-18-14-8-4-6-11-5-3-7-13(15(11)14)16(18)19/h3-8,12H,2,9-10,17H2,1H3. The molecule has 2 N–H and O–H groups in total. The number of hydrogen-bond acceptors (Lipinski definition) is 3. The highest BCUT2D eigenvalue weighted by atomic mass is 16.5. The predicted molar refractivity (Wildman–Crippen MR) is 80.1 cm³/mol. The van der Waals surface area contributed by atoms with Crippen molar-refractivity contribution in [3.63, 3.8) is 0 Å². The third kappa shape index (κ3) is 1.97. The number of carbonyl (C=O) groups excluding carboxylic acids is 1. The van der Waals surface area contributed by atoms with Gasteiger partial charge in [0.15, 0.2) is 0 Å². The van der Waals surface area contributed by atoms with Crippen LogP contribution in [0.25, 0.3) is 10.8 Å². The zero-order valence-corrected chi connectivity index (χ0v) is 11.5. The molecule has 1 aliphatic heterocycles. The van der Waals surface area contributed by atoms with E-state index in [0.717, 1.165) is 22.0 Å². The summed E-state index contributed by atoms with van der Waals surface area (Å²) in [6.07, 6.45) is -0.131. The van der Waals surface area contributed by atoms with Gasteiger partial charge in [0, 0.05) is 24.1 Å². The molecule has 0 bridgehead atoms. The molecule has 0 saturated carbocycles. The minimum atomic E-state index is -0.131. The van der Waals surface area contributed by atoms with Crippen LogP contribution in [0.4, 0.5) is 5.69 Å². The van der Waals surface area contributed by atoms with E-state index < -0.39 is 0 Å². The van der Waals surface area contributed by atoms with Gasteiger partial charge in [0.1, 0.15) is 0 Å². The van der Waals surface area contributed by atoms with Gasteiger partial charge in [-0.1, -0.05) is 24.3 Å². The van der Waals surface area contributed by atoms with E-state index in [2.05, 4.69) is 0 Å². The van der Waals surface area contributed by atoms with Crippen LogP contribution in [0.2, 0.25) is 0 Å². The van der Waals surface area contributed by atoms with Gasteiger partial charge >= 0.3 is 0 Å². The van der Waals surface area contributed by atoms with E-state index in [9.17, 15) is 4.79 Å². The first-order valence-corrected chi connectivity index (χ1v) is 6.91. The second kappa shape index (κ2) is 5.23. The van der Waals surface area contributed by atoms with Gasteiger partial charge in [-0.2, -0.15) is 0 Å². The lowest BCUT2D eigenvalue weighted by Gasteiger charge is -2.23. The maximum Gasteiger partial charge on any atom is 0.259 e. The van der Waals surface area contributed by atoms with Gasteiger partial charge in [-0.15, -0.1) is 0 Å². The second-order valence-electron chi connectivity index (χ2n) is 4.91. The topological polar surface area (TPSA) is 55.6 Å². The predicted octanol–water partition coefficient (Wildman–Crippen LogP) is 2.16. The van der Waals surface area contributed by atoms with Gasteiger partial charge in [-0.05, 0) is 24.4 Å². The molecule has 104 valence electrons. The van der Waals surface area contributed by atoms with Crippen molar-refractivity contribution < 1.29 is 9.53 Å². The summed E-state index contributed by atoms with van der Waals surface area (Å²) in [6, 6.07) is 11.8. The molecule has 0 aromatic heterocycles. The fourth-order valence-electron chi connectivity index (χ4n) is 2.80. The molecule has 0 radical (unpaired) electrons. The van der Waals surface area contributed by atoms with Crippen LogP contribution in [0.15, 0.2) is 36.4 Å². The fourth-order valence-corrected chi connectivity index (χ4v) is 2.80. The van der Waals surface area contributed by atoms with Crippen molar-refractivity contribution in [1.29, 1.82) is 0 Å². The maximum absolute atomic E-state index is 12.6. The zero-order valence-electron chi connectivity index (χ0n) is 11.5. The molecule has 1 unspecified atom stereocenters. The van der Waals surface area contributed by atoms with E-state index in [1.165, 1.54) is 0 Å². The summed E-state index contributed by atoms with van der Waals surface area (Å²) in [5, 5.41) is 2.13. The summed E-state index contributed by atoms with van der Waals surface area (Å²) in [5.41, 5.74) is 7.45. The van der Waals surface area contributed by atoms with Gasteiger partial charge in [0.2, 0.25) is 0 Å². The molecule has 1 aliphatic rings. The number of rotatable bonds is 5. The number of nitrogens with two attached hydrogens (primary N) is 1. The molecule has 1 amide bonds. The average Bonchev–Trinajstić information content (AvgIpc) is 2.75.